The van der Waals surface area contributed by atoms with Crippen LogP contribution in [0.3, 0.4) is 0 Å². The molecular weight excluding hydrogens is 420 g/mol. The van der Waals surface area contributed by atoms with E-state index in [1.807, 2.05) is 78.9 Å². The predicted molar refractivity (Wildman–Crippen MR) is 126 cm³/mol. The zero-order chi connectivity index (χ0) is 22.1. The molecule has 0 unspecified atom stereocenters. The minimum Gasteiger partial charge on any atom is -0.354 e. The fraction of sp³-hybridized carbons (Fsp3) is 0.115. The third kappa shape index (κ3) is 3.52. The van der Waals surface area contributed by atoms with Crippen LogP contribution in [0.4, 0.5) is 5.69 Å². The number of amides is 1. The summed E-state index contributed by atoms with van der Waals surface area (Å²) >= 11 is 0. The second-order valence-electron chi connectivity index (χ2n) is 7.82. The highest BCUT2D eigenvalue weighted by molar-refractivity contribution is 7.93. The molecule has 0 atom stereocenters. The summed E-state index contributed by atoms with van der Waals surface area (Å²) in [6, 6.07) is 30.6. The van der Waals surface area contributed by atoms with Crippen molar-refractivity contribution in [3.8, 4) is 0 Å². The highest BCUT2D eigenvalue weighted by Gasteiger charge is 2.36. The van der Waals surface area contributed by atoms with Gasteiger partial charge in [-0.2, -0.15) is 0 Å². The van der Waals surface area contributed by atoms with Crippen molar-refractivity contribution in [2.75, 3.05) is 17.4 Å². The molecule has 0 aromatic heterocycles. The molecular formula is C26H22N2O3S. The molecule has 0 saturated carbocycles. The van der Waals surface area contributed by atoms with Crippen LogP contribution in [0.2, 0.25) is 0 Å². The number of carbonyl (C=O) groups excluding carboxylic acids is 1. The van der Waals surface area contributed by atoms with E-state index in [2.05, 4.69) is 5.32 Å². The first-order valence-corrected chi connectivity index (χ1v) is 11.9. The first kappa shape index (κ1) is 20.3. The lowest BCUT2D eigenvalue weighted by Gasteiger charge is -2.21. The van der Waals surface area contributed by atoms with Gasteiger partial charge in [-0.15, -0.1) is 0 Å². The van der Waals surface area contributed by atoms with E-state index in [9.17, 15) is 13.2 Å². The quantitative estimate of drug-likeness (QED) is 0.484. The maximum absolute atomic E-state index is 13.1. The van der Waals surface area contributed by atoms with E-state index in [0.29, 0.717) is 17.6 Å². The van der Waals surface area contributed by atoms with Gasteiger partial charge in [0.15, 0.2) is 0 Å². The van der Waals surface area contributed by atoms with Gasteiger partial charge in [-0.25, -0.2) is 8.42 Å². The summed E-state index contributed by atoms with van der Waals surface area (Å²) in [5, 5.41) is 4.48. The average Bonchev–Trinajstić information content (AvgIpc) is 3.04. The number of nitrogens with one attached hydrogen (secondary N) is 1. The van der Waals surface area contributed by atoms with Crippen molar-refractivity contribution in [1.29, 1.82) is 0 Å². The maximum atomic E-state index is 13.1. The van der Waals surface area contributed by atoms with E-state index in [4.69, 9.17) is 0 Å². The minimum atomic E-state index is -3.76. The number of sulfonamides is 1. The Morgan fingerprint density at radius 2 is 1.38 bits per heavy atom. The number of hydrogen-bond acceptors (Lipinski definition) is 3. The molecule has 1 heterocycles. The Morgan fingerprint density at radius 3 is 2.00 bits per heavy atom. The molecule has 1 aliphatic rings. The van der Waals surface area contributed by atoms with Crippen molar-refractivity contribution < 1.29 is 13.2 Å². The summed E-state index contributed by atoms with van der Waals surface area (Å²) in [6.07, 6.45) is 0. The lowest BCUT2D eigenvalue weighted by atomic mass is 9.91. The largest absolute Gasteiger partial charge is 0.354 e. The Balaban J connectivity index is 1.37. The number of anilines is 1. The van der Waals surface area contributed by atoms with Crippen molar-refractivity contribution in [2.24, 2.45) is 0 Å². The summed E-state index contributed by atoms with van der Waals surface area (Å²) in [5.74, 6) is -0.368. The van der Waals surface area contributed by atoms with Crippen LogP contribution in [0, 0.1) is 0 Å². The molecule has 4 aromatic rings. The molecule has 0 aliphatic carbocycles. The molecule has 6 heteroatoms. The van der Waals surface area contributed by atoms with Gasteiger partial charge in [0.1, 0.15) is 6.54 Å². The number of nitrogens with zero attached hydrogens (tertiary/aromatic N) is 1. The zero-order valence-corrected chi connectivity index (χ0v) is 18.1. The van der Waals surface area contributed by atoms with Gasteiger partial charge < -0.3 is 5.32 Å². The number of hydrogen-bond donors (Lipinski definition) is 1. The SMILES string of the molecule is O=C(CN1c2cccc3cccc(c23)S1(=O)=O)NCC(c1ccccc1)c1ccccc1. The van der Waals surface area contributed by atoms with Crippen LogP contribution in [0.25, 0.3) is 10.8 Å². The molecule has 0 spiro atoms. The summed E-state index contributed by atoms with van der Waals surface area (Å²) in [4.78, 5) is 13.2. The van der Waals surface area contributed by atoms with Gasteiger partial charge >= 0.3 is 0 Å². The number of carbonyl (C=O) groups is 1. The molecule has 0 saturated heterocycles. The number of benzene rings is 4. The van der Waals surface area contributed by atoms with E-state index in [-0.39, 0.29) is 23.3 Å². The van der Waals surface area contributed by atoms with Crippen molar-refractivity contribution >= 4 is 32.4 Å². The molecule has 0 radical (unpaired) electrons. The lowest BCUT2D eigenvalue weighted by Crippen LogP contribution is -2.40. The first-order valence-electron chi connectivity index (χ1n) is 10.5. The Kier molecular flexibility index (Phi) is 5.15. The normalized spacial score (nSPS) is 14.1. The van der Waals surface area contributed by atoms with E-state index < -0.39 is 10.0 Å². The summed E-state index contributed by atoms with van der Waals surface area (Å²) < 4.78 is 27.5. The van der Waals surface area contributed by atoms with Crippen LogP contribution in [-0.2, 0) is 14.8 Å². The standard InChI is InChI=1S/C26H22N2O3S/c29-25(27-17-22(19-9-3-1-4-10-19)20-11-5-2-6-12-20)18-28-23-15-7-13-21-14-8-16-24(26(21)23)32(28,30)31/h1-16,22H,17-18H2,(H,27,29). The van der Waals surface area contributed by atoms with Crippen LogP contribution in [0.5, 0.6) is 0 Å². The summed E-state index contributed by atoms with van der Waals surface area (Å²) in [7, 11) is -3.76. The molecule has 0 bridgehead atoms. The Bertz CT molecular complexity index is 1340. The van der Waals surface area contributed by atoms with Crippen molar-refractivity contribution in [3.05, 3.63) is 108 Å². The van der Waals surface area contributed by atoms with Crippen molar-refractivity contribution in [2.45, 2.75) is 10.8 Å². The molecule has 1 N–H and O–H groups in total. The summed E-state index contributed by atoms with van der Waals surface area (Å²) in [6.45, 7) is 0.115. The van der Waals surface area contributed by atoms with Gasteiger partial charge in [-0.05, 0) is 28.6 Å². The third-order valence-electron chi connectivity index (χ3n) is 5.88. The van der Waals surface area contributed by atoms with Gasteiger partial charge in [0, 0.05) is 17.8 Å². The predicted octanol–water partition coefficient (Wildman–Crippen LogP) is 4.30. The molecule has 0 fully saturated rings. The van der Waals surface area contributed by atoms with Gasteiger partial charge in [0.05, 0.1) is 10.6 Å². The van der Waals surface area contributed by atoms with Crippen LogP contribution in [0.1, 0.15) is 17.0 Å². The van der Waals surface area contributed by atoms with Gasteiger partial charge in [-0.3, -0.25) is 9.10 Å². The Morgan fingerprint density at radius 1 is 0.781 bits per heavy atom. The zero-order valence-electron chi connectivity index (χ0n) is 17.3. The van der Waals surface area contributed by atoms with E-state index in [1.54, 1.807) is 18.2 Å². The van der Waals surface area contributed by atoms with Crippen LogP contribution < -0.4 is 9.62 Å². The van der Waals surface area contributed by atoms with Crippen molar-refractivity contribution in [1.82, 2.24) is 5.32 Å². The van der Waals surface area contributed by atoms with Crippen LogP contribution in [0.15, 0.2) is 102 Å². The number of rotatable bonds is 6. The third-order valence-corrected chi connectivity index (χ3v) is 7.68. The molecule has 1 aliphatic heterocycles. The monoisotopic (exact) mass is 442 g/mol. The molecule has 32 heavy (non-hydrogen) atoms. The Hall–Kier alpha value is -3.64. The van der Waals surface area contributed by atoms with Crippen molar-refractivity contribution in [3.63, 3.8) is 0 Å². The van der Waals surface area contributed by atoms with E-state index in [0.717, 1.165) is 16.5 Å². The van der Waals surface area contributed by atoms with Gasteiger partial charge in [-0.1, -0.05) is 84.9 Å². The van der Waals surface area contributed by atoms with E-state index in [1.165, 1.54) is 4.31 Å². The average molecular weight is 443 g/mol. The van der Waals surface area contributed by atoms with E-state index >= 15 is 0 Å². The second kappa shape index (κ2) is 8.13. The second-order valence-corrected chi connectivity index (χ2v) is 9.65. The fourth-order valence-electron chi connectivity index (χ4n) is 4.33. The molecule has 4 aromatic carbocycles. The molecule has 160 valence electrons. The molecule has 5 rings (SSSR count). The minimum absolute atomic E-state index is 0.0304. The Labute approximate surface area is 187 Å². The molecule has 1 amide bonds. The smallest absolute Gasteiger partial charge is 0.265 e. The summed E-state index contributed by atoms with van der Waals surface area (Å²) in [5.41, 5.74) is 2.73. The highest BCUT2D eigenvalue weighted by Crippen LogP contribution is 2.41. The van der Waals surface area contributed by atoms with Crippen LogP contribution >= 0.6 is 0 Å². The highest BCUT2D eigenvalue weighted by atomic mass is 32.2. The first-order chi connectivity index (χ1) is 15.6. The lowest BCUT2D eigenvalue weighted by molar-refractivity contribution is -0.119. The van der Waals surface area contributed by atoms with Crippen LogP contribution in [-0.4, -0.2) is 27.4 Å². The topological polar surface area (TPSA) is 66.5 Å². The maximum Gasteiger partial charge on any atom is 0.265 e. The van der Waals surface area contributed by atoms with Gasteiger partial charge in [0.2, 0.25) is 5.91 Å². The molecule has 5 nitrogen and oxygen atoms in total. The fourth-order valence-corrected chi connectivity index (χ4v) is 6.00. The van der Waals surface area contributed by atoms with Gasteiger partial charge in [0.25, 0.3) is 10.0 Å².